The van der Waals surface area contributed by atoms with Crippen LogP contribution in [0, 0.1) is 6.92 Å². The molecule has 3 N–H and O–H groups in total. The number of carbonyl (C=O) groups is 1. The van der Waals surface area contributed by atoms with Gasteiger partial charge in [0.2, 0.25) is 0 Å². The molecule has 0 aliphatic carbocycles. The first-order valence-corrected chi connectivity index (χ1v) is 10.3. The van der Waals surface area contributed by atoms with Crippen molar-refractivity contribution in [1.82, 2.24) is 25.5 Å². The highest BCUT2D eigenvalue weighted by Crippen LogP contribution is 2.27. The molecule has 8 heteroatoms. The Labute approximate surface area is 176 Å². The zero-order valence-corrected chi connectivity index (χ0v) is 17.0. The molecule has 7 nitrogen and oxygen atoms in total. The fraction of sp³-hybridized carbons (Fsp3) is 0.0909. The summed E-state index contributed by atoms with van der Waals surface area (Å²) >= 11 is 1.67. The van der Waals surface area contributed by atoms with Crippen molar-refractivity contribution < 1.29 is 4.79 Å². The minimum atomic E-state index is -0.304. The van der Waals surface area contributed by atoms with E-state index in [0.29, 0.717) is 12.4 Å². The van der Waals surface area contributed by atoms with Crippen molar-refractivity contribution in [3.63, 3.8) is 0 Å². The van der Waals surface area contributed by atoms with Gasteiger partial charge >= 0.3 is 6.03 Å². The van der Waals surface area contributed by atoms with Crippen LogP contribution in [-0.2, 0) is 6.54 Å². The molecule has 148 valence electrons. The number of benzene rings is 1. The number of carbonyl (C=O) groups excluding carboxylic acids is 1. The molecule has 0 aliphatic heterocycles. The van der Waals surface area contributed by atoms with Crippen LogP contribution in [0.3, 0.4) is 0 Å². The third-order valence-electron chi connectivity index (χ3n) is 4.86. The molecule has 0 radical (unpaired) electrons. The molecule has 0 fully saturated rings. The lowest BCUT2D eigenvalue weighted by molar-refractivity contribution is 0.251. The molecule has 5 rings (SSSR count). The van der Waals surface area contributed by atoms with Gasteiger partial charge in [-0.25, -0.2) is 9.78 Å². The number of amides is 2. The molecule has 1 aromatic carbocycles. The van der Waals surface area contributed by atoms with E-state index < -0.39 is 0 Å². The molecule has 0 saturated heterocycles. The lowest BCUT2D eigenvalue weighted by Gasteiger charge is -2.07. The minimum Gasteiger partial charge on any atom is -0.334 e. The van der Waals surface area contributed by atoms with E-state index in [1.54, 1.807) is 29.8 Å². The number of thiophene rings is 1. The maximum atomic E-state index is 12.4. The first-order valence-electron chi connectivity index (χ1n) is 9.44. The Morgan fingerprint density at radius 2 is 2.03 bits per heavy atom. The number of pyridine rings is 2. The molecule has 0 bridgehead atoms. The van der Waals surface area contributed by atoms with E-state index in [0.717, 1.165) is 33.4 Å². The summed E-state index contributed by atoms with van der Waals surface area (Å²) in [6.07, 6.45) is 3.47. The number of nitrogens with zero attached hydrogens (tertiary/aromatic N) is 3. The Morgan fingerprint density at radius 1 is 1.13 bits per heavy atom. The zero-order chi connectivity index (χ0) is 20.5. The number of rotatable bonds is 4. The fourth-order valence-corrected chi connectivity index (χ4v) is 4.36. The van der Waals surface area contributed by atoms with Crippen molar-refractivity contribution in [2.75, 3.05) is 5.32 Å². The third kappa shape index (κ3) is 3.48. The van der Waals surface area contributed by atoms with Gasteiger partial charge in [0.1, 0.15) is 11.5 Å². The van der Waals surface area contributed by atoms with Gasteiger partial charge in [-0.1, -0.05) is 18.2 Å². The highest BCUT2D eigenvalue weighted by atomic mass is 32.1. The van der Waals surface area contributed by atoms with E-state index in [1.807, 2.05) is 31.2 Å². The molecular weight excluding hydrogens is 396 g/mol. The minimum absolute atomic E-state index is 0.304. The molecule has 4 heterocycles. The van der Waals surface area contributed by atoms with Crippen LogP contribution >= 0.6 is 11.3 Å². The third-order valence-corrected chi connectivity index (χ3v) is 5.87. The predicted molar refractivity (Wildman–Crippen MR) is 120 cm³/mol. The number of aromatic amines is 1. The summed E-state index contributed by atoms with van der Waals surface area (Å²) in [5, 5.41) is 17.2. The second-order valence-corrected chi connectivity index (χ2v) is 7.85. The number of anilines is 1. The van der Waals surface area contributed by atoms with Crippen molar-refractivity contribution >= 4 is 44.2 Å². The Kier molecular flexibility index (Phi) is 4.61. The van der Waals surface area contributed by atoms with Crippen LogP contribution in [0.5, 0.6) is 0 Å². The van der Waals surface area contributed by atoms with Crippen LogP contribution < -0.4 is 10.6 Å². The largest absolute Gasteiger partial charge is 0.334 e. The molecule has 0 saturated carbocycles. The maximum absolute atomic E-state index is 12.4. The van der Waals surface area contributed by atoms with Crippen LogP contribution in [-0.4, -0.2) is 26.2 Å². The van der Waals surface area contributed by atoms with Gasteiger partial charge in [-0.15, -0.1) is 11.3 Å². The number of hydrogen-bond donors (Lipinski definition) is 3. The Morgan fingerprint density at radius 3 is 2.93 bits per heavy atom. The number of H-pyrrole nitrogens is 1. The Bertz CT molecular complexity index is 1370. The summed E-state index contributed by atoms with van der Waals surface area (Å²) in [4.78, 5) is 21.0. The van der Waals surface area contributed by atoms with E-state index in [9.17, 15) is 4.79 Å². The second-order valence-electron chi connectivity index (χ2n) is 6.94. The maximum Gasteiger partial charge on any atom is 0.320 e. The van der Waals surface area contributed by atoms with Gasteiger partial charge in [-0.3, -0.25) is 15.4 Å². The molecule has 5 aromatic rings. The van der Waals surface area contributed by atoms with Gasteiger partial charge in [0.15, 0.2) is 0 Å². The van der Waals surface area contributed by atoms with Gasteiger partial charge < -0.3 is 5.32 Å². The van der Waals surface area contributed by atoms with E-state index in [-0.39, 0.29) is 6.03 Å². The fourth-order valence-electron chi connectivity index (χ4n) is 3.40. The van der Waals surface area contributed by atoms with E-state index in [2.05, 4.69) is 48.3 Å². The topological polar surface area (TPSA) is 95.6 Å². The molecule has 4 aromatic heterocycles. The monoisotopic (exact) mass is 414 g/mol. The lowest BCUT2D eigenvalue weighted by Crippen LogP contribution is -2.28. The van der Waals surface area contributed by atoms with Gasteiger partial charge in [0.05, 0.1) is 5.52 Å². The van der Waals surface area contributed by atoms with Crippen LogP contribution in [0.4, 0.5) is 10.6 Å². The number of hydrogen-bond acceptors (Lipinski definition) is 5. The molecule has 0 aliphatic rings. The molecule has 0 atom stereocenters. The molecule has 0 spiro atoms. The van der Waals surface area contributed by atoms with Gasteiger partial charge in [-0.2, -0.15) is 5.10 Å². The highest BCUT2D eigenvalue weighted by Gasteiger charge is 2.11. The zero-order valence-electron chi connectivity index (χ0n) is 16.1. The van der Waals surface area contributed by atoms with Crippen molar-refractivity contribution in [2.45, 2.75) is 13.5 Å². The average Bonchev–Trinajstić information content (AvgIpc) is 3.36. The number of nitrogens with one attached hydrogen (secondary N) is 3. The average molecular weight is 414 g/mol. The number of aromatic nitrogens is 4. The second kappa shape index (κ2) is 7.57. The smallest absolute Gasteiger partial charge is 0.320 e. The van der Waals surface area contributed by atoms with Gasteiger partial charge in [0, 0.05) is 46.3 Å². The number of urea groups is 1. The van der Waals surface area contributed by atoms with Crippen LogP contribution in [0.2, 0.25) is 0 Å². The van der Waals surface area contributed by atoms with E-state index in [1.165, 1.54) is 10.1 Å². The molecule has 2 amide bonds. The summed E-state index contributed by atoms with van der Waals surface area (Å²) < 4.78 is 1.21. The van der Waals surface area contributed by atoms with Crippen molar-refractivity contribution in [1.29, 1.82) is 0 Å². The number of aryl methyl sites for hydroxylation is 1. The van der Waals surface area contributed by atoms with Crippen LogP contribution in [0.15, 0.2) is 60.2 Å². The predicted octanol–water partition coefficient (Wildman–Crippen LogP) is 4.86. The molecular formula is C22H18N6OS. The van der Waals surface area contributed by atoms with Gasteiger partial charge in [0.25, 0.3) is 0 Å². The highest BCUT2D eigenvalue weighted by molar-refractivity contribution is 7.17. The van der Waals surface area contributed by atoms with Crippen LogP contribution in [0.25, 0.3) is 32.2 Å². The molecule has 30 heavy (non-hydrogen) atoms. The summed E-state index contributed by atoms with van der Waals surface area (Å²) in [6, 6.07) is 13.5. The lowest BCUT2D eigenvalue weighted by atomic mass is 10.1. The first kappa shape index (κ1) is 18.3. The number of fused-ring (bicyclic) bond motifs is 2. The first-order chi connectivity index (χ1) is 14.7. The summed E-state index contributed by atoms with van der Waals surface area (Å²) in [5.41, 5.74) is 4.60. The molecule has 0 unspecified atom stereocenters. The van der Waals surface area contributed by atoms with E-state index >= 15 is 0 Å². The normalized spacial score (nSPS) is 11.1. The SMILES string of the molecule is Cc1cc(-c2n[nH]c3cc(NC(=O)NCc4csc5ccccc45)ncc23)ccn1. The summed E-state index contributed by atoms with van der Waals surface area (Å²) in [7, 11) is 0. The van der Waals surface area contributed by atoms with Crippen molar-refractivity contribution in [3.05, 3.63) is 71.5 Å². The quantitative estimate of drug-likeness (QED) is 0.391. The standard InChI is InChI=1S/C22H18N6OS/c1-13-8-14(6-7-23-13)21-17-11-24-20(9-18(17)27-28-21)26-22(29)25-10-15-12-30-19-5-3-2-4-16(15)19/h2-9,11-12H,10H2,1H3,(H,27,28)(H2,24,25,26,29). The van der Waals surface area contributed by atoms with E-state index in [4.69, 9.17) is 0 Å². The Balaban J connectivity index is 1.30. The van der Waals surface area contributed by atoms with Gasteiger partial charge in [-0.05, 0) is 41.5 Å². The Hall–Kier alpha value is -3.78. The van der Waals surface area contributed by atoms with Crippen LogP contribution in [0.1, 0.15) is 11.3 Å². The summed E-state index contributed by atoms with van der Waals surface area (Å²) in [5.74, 6) is 0.455. The van der Waals surface area contributed by atoms with Crippen molar-refractivity contribution in [2.24, 2.45) is 0 Å². The summed E-state index contributed by atoms with van der Waals surface area (Å²) in [6.45, 7) is 2.39. The van der Waals surface area contributed by atoms with Crippen molar-refractivity contribution in [3.8, 4) is 11.3 Å².